The van der Waals surface area contributed by atoms with Gasteiger partial charge in [-0.25, -0.2) is 0 Å². The fourth-order valence-electron chi connectivity index (χ4n) is 3.24. The topological polar surface area (TPSA) is 40.5 Å². The van der Waals surface area contributed by atoms with Gasteiger partial charge in [0.15, 0.2) is 0 Å². The molecule has 3 atom stereocenters. The van der Waals surface area contributed by atoms with Gasteiger partial charge in [-0.1, -0.05) is 27.5 Å². The van der Waals surface area contributed by atoms with Crippen LogP contribution in [0.4, 0.5) is 0 Å². The number of aliphatic hydroxyl groups excluding tert-OH is 1. The van der Waals surface area contributed by atoms with E-state index in [2.05, 4.69) is 15.9 Å². The minimum Gasteiger partial charge on any atom is -0.393 e. The van der Waals surface area contributed by atoms with E-state index in [0.29, 0.717) is 23.0 Å². The number of carbonyl (C=O) groups is 1. The summed E-state index contributed by atoms with van der Waals surface area (Å²) >= 11 is 9.46. The van der Waals surface area contributed by atoms with Crippen LogP contribution in [0.25, 0.3) is 0 Å². The van der Waals surface area contributed by atoms with Gasteiger partial charge in [-0.05, 0) is 37.0 Å². The zero-order chi connectivity index (χ0) is 13.6. The molecule has 0 radical (unpaired) electrons. The van der Waals surface area contributed by atoms with Crippen LogP contribution in [-0.4, -0.2) is 35.1 Å². The molecule has 3 unspecified atom stereocenters. The van der Waals surface area contributed by atoms with Gasteiger partial charge in [0, 0.05) is 23.5 Å². The first-order valence-electron chi connectivity index (χ1n) is 6.48. The quantitative estimate of drug-likeness (QED) is 0.851. The molecule has 1 heterocycles. The third-order valence-electron chi connectivity index (χ3n) is 4.27. The van der Waals surface area contributed by atoms with Crippen LogP contribution in [0, 0.1) is 11.8 Å². The second-order valence-electron chi connectivity index (χ2n) is 5.40. The number of nitrogens with zero attached hydrogens (tertiary/aromatic N) is 1. The highest BCUT2D eigenvalue weighted by Gasteiger charge is 2.43. The van der Waals surface area contributed by atoms with Gasteiger partial charge in [0.25, 0.3) is 5.91 Å². The van der Waals surface area contributed by atoms with Crippen LogP contribution in [0.5, 0.6) is 0 Å². The first-order valence-corrected chi connectivity index (χ1v) is 7.66. The first-order chi connectivity index (χ1) is 9.06. The number of carbonyl (C=O) groups excluding carboxylic acids is 1. The summed E-state index contributed by atoms with van der Waals surface area (Å²) in [6.45, 7) is 1.39. The Morgan fingerprint density at radius 2 is 2.16 bits per heavy atom. The van der Waals surface area contributed by atoms with Crippen LogP contribution >= 0.6 is 27.5 Å². The van der Waals surface area contributed by atoms with Gasteiger partial charge in [-0.3, -0.25) is 4.79 Å². The zero-order valence-electron chi connectivity index (χ0n) is 10.4. The SMILES string of the molecule is O=C(c1ccc(Br)cc1Cl)N1CC2CCC(O)C2C1. The maximum Gasteiger partial charge on any atom is 0.255 e. The summed E-state index contributed by atoms with van der Waals surface area (Å²) in [4.78, 5) is 14.3. The van der Waals surface area contributed by atoms with E-state index in [9.17, 15) is 9.90 Å². The number of halogens is 2. The van der Waals surface area contributed by atoms with Crippen molar-refractivity contribution in [2.45, 2.75) is 18.9 Å². The monoisotopic (exact) mass is 343 g/mol. The molecule has 2 aliphatic rings. The minimum atomic E-state index is -0.247. The fraction of sp³-hybridized carbons (Fsp3) is 0.500. The number of hydrogen-bond donors (Lipinski definition) is 1. The molecule has 1 aliphatic heterocycles. The summed E-state index contributed by atoms with van der Waals surface area (Å²) in [7, 11) is 0. The Labute approximate surface area is 125 Å². The van der Waals surface area contributed by atoms with E-state index in [1.54, 1.807) is 12.1 Å². The van der Waals surface area contributed by atoms with Crippen LogP contribution in [-0.2, 0) is 0 Å². The first kappa shape index (κ1) is 13.4. The van der Waals surface area contributed by atoms with E-state index in [0.717, 1.165) is 23.9 Å². The van der Waals surface area contributed by atoms with Gasteiger partial charge in [0.2, 0.25) is 0 Å². The van der Waals surface area contributed by atoms with Gasteiger partial charge in [-0.2, -0.15) is 0 Å². The standard InChI is InChI=1S/C14H15BrClNO2/c15-9-2-3-10(12(16)5-9)14(19)17-6-8-1-4-13(18)11(8)7-17/h2-3,5,8,11,13,18H,1,4,6-7H2. The highest BCUT2D eigenvalue weighted by molar-refractivity contribution is 9.10. The minimum absolute atomic E-state index is 0.0286. The second-order valence-corrected chi connectivity index (χ2v) is 6.73. The molecule has 19 heavy (non-hydrogen) atoms. The molecule has 1 aliphatic carbocycles. The van der Waals surface area contributed by atoms with Crippen LogP contribution in [0.2, 0.25) is 5.02 Å². The molecular formula is C14H15BrClNO2. The molecule has 1 amide bonds. The molecule has 102 valence electrons. The van der Waals surface area contributed by atoms with E-state index in [1.165, 1.54) is 0 Å². The van der Waals surface area contributed by atoms with Gasteiger partial charge in [0.1, 0.15) is 0 Å². The smallest absolute Gasteiger partial charge is 0.255 e. The number of rotatable bonds is 1. The Morgan fingerprint density at radius 3 is 2.84 bits per heavy atom. The largest absolute Gasteiger partial charge is 0.393 e. The number of benzene rings is 1. The Balaban J connectivity index is 1.78. The summed E-state index contributed by atoms with van der Waals surface area (Å²) in [6.07, 6.45) is 1.64. The number of amides is 1. The Hall–Kier alpha value is -0.580. The predicted octanol–water partition coefficient (Wildman–Crippen LogP) is 2.95. The molecule has 5 heteroatoms. The van der Waals surface area contributed by atoms with Gasteiger partial charge < -0.3 is 10.0 Å². The Kier molecular flexibility index (Phi) is 3.58. The average Bonchev–Trinajstić information content (AvgIpc) is 2.91. The van der Waals surface area contributed by atoms with Crippen molar-refractivity contribution in [2.24, 2.45) is 11.8 Å². The molecular weight excluding hydrogens is 330 g/mol. The highest BCUT2D eigenvalue weighted by Crippen LogP contribution is 2.38. The molecule has 1 saturated carbocycles. The lowest BCUT2D eigenvalue weighted by Gasteiger charge is -2.19. The van der Waals surface area contributed by atoms with E-state index in [4.69, 9.17) is 11.6 Å². The third kappa shape index (κ3) is 2.41. The summed E-state index contributed by atoms with van der Waals surface area (Å²) < 4.78 is 0.864. The van der Waals surface area contributed by atoms with Crippen LogP contribution in [0.3, 0.4) is 0 Å². The lowest BCUT2D eigenvalue weighted by Crippen LogP contribution is -2.31. The predicted molar refractivity (Wildman–Crippen MR) is 77.3 cm³/mol. The number of aliphatic hydroxyl groups is 1. The molecule has 3 rings (SSSR count). The van der Waals surface area contributed by atoms with Crippen molar-refractivity contribution in [3.63, 3.8) is 0 Å². The Morgan fingerprint density at radius 1 is 1.37 bits per heavy atom. The molecule has 0 spiro atoms. The van der Waals surface area contributed by atoms with Crippen molar-refractivity contribution in [2.75, 3.05) is 13.1 Å². The number of fused-ring (bicyclic) bond motifs is 1. The van der Waals surface area contributed by atoms with Gasteiger partial charge in [-0.15, -0.1) is 0 Å². The molecule has 3 nitrogen and oxygen atoms in total. The summed E-state index contributed by atoms with van der Waals surface area (Å²) in [6, 6.07) is 5.31. The maximum absolute atomic E-state index is 12.5. The molecule has 0 aromatic heterocycles. The number of hydrogen-bond acceptors (Lipinski definition) is 2. The maximum atomic E-state index is 12.5. The Bertz CT molecular complexity index is 522. The van der Waals surface area contributed by atoms with Crippen molar-refractivity contribution >= 4 is 33.4 Å². The van der Waals surface area contributed by atoms with Crippen molar-refractivity contribution in [3.05, 3.63) is 33.3 Å². The molecule has 0 bridgehead atoms. The van der Waals surface area contributed by atoms with E-state index >= 15 is 0 Å². The van der Waals surface area contributed by atoms with Crippen LogP contribution < -0.4 is 0 Å². The van der Waals surface area contributed by atoms with E-state index < -0.39 is 0 Å². The zero-order valence-corrected chi connectivity index (χ0v) is 12.7. The normalized spacial score (nSPS) is 29.6. The van der Waals surface area contributed by atoms with Crippen LogP contribution in [0.15, 0.2) is 22.7 Å². The lowest BCUT2D eigenvalue weighted by atomic mass is 10.00. The van der Waals surface area contributed by atoms with E-state index in [1.807, 2.05) is 11.0 Å². The molecule has 1 saturated heterocycles. The summed E-state index contributed by atoms with van der Waals surface area (Å²) in [5, 5.41) is 10.4. The van der Waals surface area contributed by atoms with Crippen LogP contribution in [0.1, 0.15) is 23.2 Å². The van der Waals surface area contributed by atoms with Gasteiger partial charge in [0.05, 0.1) is 16.7 Å². The number of likely N-dealkylation sites (tertiary alicyclic amines) is 1. The average molecular weight is 345 g/mol. The third-order valence-corrected chi connectivity index (χ3v) is 5.07. The summed E-state index contributed by atoms with van der Waals surface area (Å²) in [5.41, 5.74) is 0.541. The van der Waals surface area contributed by atoms with Crippen molar-refractivity contribution in [3.8, 4) is 0 Å². The van der Waals surface area contributed by atoms with Crippen molar-refractivity contribution in [1.82, 2.24) is 4.90 Å². The van der Waals surface area contributed by atoms with E-state index in [-0.39, 0.29) is 17.9 Å². The molecule has 1 aromatic carbocycles. The van der Waals surface area contributed by atoms with Crippen molar-refractivity contribution in [1.29, 1.82) is 0 Å². The lowest BCUT2D eigenvalue weighted by molar-refractivity contribution is 0.0752. The second kappa shape index (κ2) is 5.08. The summed E-state index contributed by atoms with van der Waals surface area (Å²) in [5.74, 6) is 0.672. The molecule has 1 N–H and O–H groups in total. The highest BCUT2D eigenvalue weighted by atomic mass is 79.9. The van der Waals surface area contributed by atoms with Crippen molar-refractivity contribution < 1.29 is 9.90 Å². The molecule has 2 fully saturated rings. The fourth-order valence-corrected chi connectivity index (χ4v) is 3.99. The van der Waals surface area contributed by atoms with Gasteiger partial charge >= 0.3 is 0 Å². The molecule has 1 aromatic rings.